The van der Waals surface area contributed by atoms with Crippen molar-refractivity contribution in [1.82, 2.24) is 5.32 Å². The number of ether oxygens (including phenoxy) is 2. The molecular formula is C25H26BrClN2O5S. The van der Waals surface area contributed by atoms with Gasteiger partial charge in [0.25, 0.3) is 10.0 Å². The highest BCUT2D eigenvalue weighted by molar-refractivity contribution is 9.10. The molecule has 0 aliphatic heterocycles. The van der Waals surface area contributed by atoms with Gasteiger partial charge in [-0.3, -0.25) is 9.10 Å². The van der Waals surface area contributed by atoms with E-state index in [0.717, 1.165) is 14.3 Å². The molecule has 0 fully saturated rings. The fourth-order valence-electron chi connectivity index (χ4n) is 3.13. The van der Waals surface area contributed by atoms with Crippen LogP contribution in [0, 0.1) is 6.92 Å². The minimum atomic E-state index is -4.01. The number of anilines is 1. The standard InChI is InChI=1S/C25H26BrClN2O5S/c1-3-33-21-10-7-20(8-11-21)29(35(31,32)23-12-5-19(26)6-13-23)17-25(30)28-14-15-34-22-9-4-18(2)24(27)16-22/h4-13,16H,3,14-15,17H2,1-2H3,(H,28,30). The molecule has 10 heteroatoms. The molecule has 0 unspecified atom stereocenters. The van der Waals surface area contributed by atoms with Gasteiger partial charge in [-0.15, -0.1) is 0 Å². The average Bonchev–Trinajstić information content (AvgIpc) is 2.83. The molecular weight excluding hydrogens is 556 g/mol. The molecule has 0 atom stereocenters. The van der Waals surface area contributed by atoms with Crippen LogP contribution in [0.1, 0.15) is 12.5 Å². The van der Waals surface area contributed by atoms with Crippen LogP contribution in [0.2, 0.25) is 5.02 Å². The zero-order chi connectivity index (χ0) is 25.4. The lowest BCUT2D eigenvalue weighted by molar-refractivity contribution is -0.119. The number of carbonyl (C=O) groups excluding carboxylic acids is 1. The van der Waals surface area contributed by atoms with E-state index >= 15 is 0 Å². The number of hydrogen-bond donors (Lipinski definition) is 1. The molecule has 0 aliphatic carbocycles. The molecule has 3 aromatic carbocycles. The minimum absolute atomic E-state index is 0.0713. The molecule has 1 amide bonds. The number of benzene rings is 3. The Labute approximate surface area is 219 Å². The van der Waals surface area contributed by atoms with E-state index in [2.05, 4.69) is 21.2 Å². The van der Waals surface area contributed by atoms with E-state index in [4.69, 9.17) is 21.1 Å². The maximum atomic E-state index is 13.4. The minimum Gasteiger partial charge on any atom is -0.494 e. The fraction of sp³-hybridized carbons (Fsp3) is 0.240. The Morgan fingerprint density at radius 1 is 1.00 bits per heavy atom. The smallest absolute Gasteiger partial charge is 0.264 e. The van der Waals surface area contributed by atoms with Gasteiger partial charge in [0, 0.05) is 9.50 Å². The lowest BCUT2D eigenvalue weighted by Gasteiger charge is -2.24. The monoisotopic (exact) mass is 580 g/mol. The predicted octanol–water partition coefficient (Wildman–Crippen LogP) is 5.20. The topological polar surface area (TPSA) is 84.9 Å². The van der Waals surface area contributed by atoms with E-state index in [1.165, 1.54) is 12.1 Å². The zero-order valence-electron chi connectivity index (χ0n) is 19.3. The molecule has 0 saturated heterocycles. The van der Waals surface area contributed by atoms with Gasteiger partial charge in [0.1, 0.15) is 24.7 Å². The van der Waals surface area contributed by atoms with Gasteiger partial charge in [-0.05, 0) is 80.1 Å². The number of nitrogens with zero attached hydrogens (tertiary/aromatic N) is 1. The van der Waals surface area contributed by atoms with E-state index in [1.54, 1.807) is 48.5 Å². The third-order valence-corrected chi connectivity index (χ3v) is 7.68. The van der Waals surface area contributed by atoms with Crippen LogP contribution >= 0.6 is 27.5 Å². The number of sulfonamides is 1. The molecule has 3 rings (SSSR count). The van der Waals surface area contributed by atoms with Crippen LogP contribution in [0.25, 0.3) is 0 Å². The highest BCUT2D eigenvalue weighted by Crippen LogP contribution is 2.27. The van der Waals surface area contributed by atoms with Gasteiger partial charge >= 0.3 is 0 Å². The SMILES string of the molecule is CCOc1ccc(N(CC(=O)NCCOc2ccc(C)c(Cl)c2)S(=O)(=O)c2ccc(Br)cc2)cc1. The van der Waals surface area contributed by atoms with Crippen LogP contribution in [0.4, 0.5) is 5.69 Å². The number of aryl methyl sites for hydroxylation is 1. The summed E-state index contributed by atoms with van der Waals surface area (Å²) >= 11 is 9.41. The van der Waals surface area contributed by atoms with Crippen molar-refractivity contribution in [3.05, 3.63) is 81.8 Å². The van der Waals surface area contributed by atoms with Gasteiger partial charge in [-0.2, -0.15) is 0 Å². The first-order chi connectivity index (χ1) is 16.7. The summed E-state index contributed by atoms with van der Waals surface area (Å²) in [6, 6.07) is 18.1. The van der Waals surface area contributed by atoms with Crippen molar-refractivity contribution in [3.8, 4) is 11.5 Å². The summed E-state index contributed by atoms with van der Waals surface area (Å²) < 4.78 is 39.7. The second kappa shape index (κ2) is 12.3. The number of amides is 1. The molecule has 7 nitrogen and oxygen atoms in total. The van der Waals surface area contributed by atoms with Gasteiger partial charge in [0.05, 0.1) is 23.7 Å². The second-order valence-electron chi connectivity index (χ2n) is 7.50. The average molecular weight is 582 g/mol. The molecule has 0 bridgehead atoms. The van der Waals surface area contributed by atoms with E-state index in [9.17, 15) is 13.2 Å². The van der Waals surface area contributed by atoms with Crippen LogP contribution in [0.15, 0.2) is 76.1 Å². The number of rotatable bonds is 11. The van der Waals surface area contributed by atoms with Crippen molar-refractivity contribution in [1.29, 1.82) is 0 Å². The zero-order valence-corrected chi connectivity index (χ0v) is 22.5. The summed E-state index contributed by atoms with van der Waals surface area (Å²) in [7, 11) is -4.01. The van der Waals surface area contributed by atoms with Gasteiger partial charge in [-0.25, -0.2) is 8.42 Å². The van der Waals surface area contributed by atoms with E-state index < -0.39 is 22.5 Å². The maximum absolute atomic E-state index is 13.4. The summed E-state index contributed by atoms with van der Waals surface area (Å²) in [5, 5.41) is 3.30. The van der Waals surface area contributed by atoms with E-state index in [-0.39, 0.29) is 18.0 Å². The predicted molar refractivity (Wildman–Crippen MR) is 141 cm³/mol. The van der Waals surface area contributed by atoms with Crippen molar-refractivity contribution in [2.24, 2.45) is 0 Å². The van der Waals surface area contributed by atoms with Gasteiger partial charge in [0.15, 0.2) is 0 Å². The summed E-state index contributed by atoms with van der Waals surface area (Å²) in [6.45, 7) is 4.24. The Morgan fingerprint density at radius 2 is 1.66 bits per heavy atom. The highest BCUT2D eigenvalue weighted by Gasteiger charge is 2.27. The quantitative estimate of drug-likeness (QED) is 0.315. The summed E-state index contributed by atoms with van der Waals surface area (Å²) in [4.78, 5) is 12.8. The lowest BCUT2D eigenvalue weighted by atomic mass is 10.2. The molecule has 35 heavy (non-hydrogen) atoms. The molecule has 0 heterocycles. The third-order valence-electron chi connectivity index (χ3n) is 4.96. The molecule has 3 aromatic rings. The normalized spacial score (nSPS) is 11.1. The molecule has 0 spiro atoms. The van der Waals surface area contributed by atoms with Gasteiger partial charge < -0.3 is 14.8 Å². The first-order valence-corrected chi connectivity index (χ1v) is 13.5. The van der Waals surface area contributed by atoms with Crippen molar-refractivity contribution < 1.29 is 22.7 Å². The number of carbonyl (C=O) groups is 1. The first kappa shape index (κ1) is 26.8. The highest BCUT2D eigenvalue weighted by atomic mass is 79.9. The van der Waals surface area contributed by atoms with Crippen molar-refractivity contribution in [2.45, 2.75) is 18.7 Å². The van der Waals surface area contributed by atoms with Crippen LogP contribution in [-0.2, 0) is 14.8 Å². The van der Waals surface area contributed by atoms with Crippen molar-refractivity contribution in [2.75, 3.05) is 30.6 Å². The summed E-state index contributed by atoms with van der Waals surface area (Å²) in [6.07, 6.45) is 0. The van der Waals surface area contributed by atoms with E-state index in [0.29, 0.717) is 28.8 Å². The van der Waals surface area contributed by atoms with Crippen molar-refractivity contribution in [3.63, 3.8) is 0 Å². The lowest BCUT2D eigenvalue weighted by Crippen LogP contribution is -2.41. The Kier molecular flexibility index (Phi) is 9.42. The largest absolute Gasteiger partial charge is 0.494 e. The Morgan fingerprint density at radius 3 is 2.29 bits per heavy atom. The molecule has 0 aliphatic rings. The van der Waals surface area contributed by atoms with Crippen LogP contribution in [-0.4, -0.2) is 40.6 Å². The number of hydrogen-bond acceptors (Lipinski definition) is 5. The third kappa shape index (κ3) is 7.37. The maximum Gasteiger partial charge on any atom is 0.264 e. The Hall–Kier alpha value is -2.75. The van der Waals surface area contributed by atoms with Crippen LogP contribution < -0.4 is 19.1 Å². The van der Waals surface area contributed by atoms with Crippen molar-refractivity contribution >= 4 is 49.1 Å². The van der Waals surface area contributed by atoms with Crippen LogP contribution in [0.5, 0.6) is 11.5 Å². The Balaban J connectivity index is 1.71. The molecule has 0 aromatic heterocycles. The molecule has 0 saturated carbocycles. The summed E-state index contributed by atoms with van der Waals surface area (Å²) in [5.41, 5.74) is 1.28. The Bertz CT molecular complexity index is 1250. The number of nitrogens with one attached hydrogen (secondary N) is 1. The molecule has 186 valence electrons. The molecule has 1 N–H and O–H groups in total. The second-order valence-corrected chi connectivity index (χ2v) is 10.7. The first-order valence-electron chi connectivity index (χ1n) is 10.9. The van der Waals surface area contributed by atoms with E-state index in [1.807, 2.05) is 19.9 Å². The van der Waals surface area contributed by atoms with Gasteiger partial charge in [-0.1, -0.05) is 33.6 Å². The fourth-order valence-corrected chi connectivity index (χ4v) is 4.99. The van der Waals surface area contributed by atoms with Gasteiger partial charge in [0.2, 0.25) is 5.91 Å². The summed E-state index contributed by atoms with van der Waals surface area (Å²) in [5.74, 6) is 0.726. The van der Waals surface area contributed by atoms with Crippen LogP contribution in [0.3, 0.4) is 0 Å². The number of halogens is 2. The molecule has 0 radical (unpaired) electrons.